The number of carboxylic acid groups (broad SMARTS) is 1. The van der Waals surface area contributed by atoms with Crippen LogP contribution in [0.2, 0.25) is 0 Å². The summed E-state index contributed by atoms with van der Waals surface area (Å²) < 4.78 is 0. The minimum absolute atomic E-state index is 0.237. The van der Waals surface area contributed by atoms with Gasteiger partial charge in [0.15, 0.2) is 0 Å². The predicted octanol–water partition coefficient (Wildman–Crippen LogP) is 4.03. The molecule has 0 fully saturated rings. The number of carboxylic acids is 1. The van der Waals surface area contributed by atoms with Crippen molar-refractivity contribution in [2.24, 2.45) is 0 Å². The number of anilines is 2. The number of nitrogens with zero attached hydrogens (tertiary/aromatic N) is 2. The van der Waals surface area contributed by atoms with E-state index in [0.717, 1.165) is 30.8 Å². The quantitative estimate of drug-likeness (QED) is 0.870. The fraction of sp³-hybridized carbons (Fsp3) is 0.294. The zero-order chi connectivity index (χ0) is 15.2. The third kappa shape index (κ3) is 3.60. The minimum atomic E-state index is -0.949. The van der Waals surface area contributed by atoms with Crippen LogP contribution in [0.4, 0.5) is 11.5 Å². The number of rotatable bonds is 6. The van der Waals surface area contributed by atoms with E-state index in [-0.39, 0.29) is 5.56 Å². The van der Waals surface area contributed by atoms with E-state index in [1.54, 1.807) is 12.1 Å². The summed E-state index contributed by atoms with van der Waals surface area (Å²) in [6.45, 7) is 4.74. The number of aromatic carboxylic acids is 1. The summed E-state index contributed by atoms with van der Waals surface area (Å²) in [4.78, 5) is 17.9. The molecule has 0 saturated heterocycles. The molecule has 4 nitrogen and oxygen atoms in total. The first kappa shape index (κ1) is 15.0. The molecule has 0 radical (unpaired) electrons. The molecule has 0 unspecified atom stereocenters. The first-order valence-corrected chi connectivity index (χ1v) is 7.17. The molecule has 4 heteroatoms. The van der Waals surface area contributed by atoms with E-state index >= 15 is 0 Å². The lowest BCUT2D eigenvalue weighted by molar-refractivity contribution is 0.0697. The summed E-state index contributed by atoms with van der Waals surface area (Å²) in [5, 5.41) is 9.41. The first-order valence-electron chi connectivity index (χ1n) is 7.17. The molecule has 2 rings (SSSR count). The van der Waals surface area contributed by atoms with Crippen LogP contribution in [0.15, 0.2) is 42.5 Å². The van der Waals surface area contributed by atoms with Gasteiger partial charge in [0, 0.05) is 17.9 Å². The molecule has 21 heavy (non-hydrogen) atoms. The van der Waals surface area contributed by atoms with Crippen molar-refractivity contribution in [1.29, 1.82) is 0 Å². The number of carbonyl (C=O) groups is 1. The Balaban J connectivity index is 2.50. The van der Waals surface area contributed by atoms with E-state index in [4.69, 9.17) is 0 Å². The Morgan fingerprint density at radius 2 is 1.90 bits per heavy atom. The van der Waals surface area contributed by atoms with Crippen molar-refractivity contribution in [3.63, 3.8) is 0 Å². The van der Waals surface area contributed by atoms with Gasteiger partial charge in [-0.25, -0.2) is 9.78 Å². The number of aryl methyl sites for hydroxylation is 1. The van der Waals surface area contributed by atoms with Gasteiger partial charge in [-0.15, -0.1) is 0 Å². The summed E-state index contributed by atoms with van der Waals surface area (Å²) in [5.41, 5.74) is 2.01. The number of pyridine rings is 1. The molecule has 0 atom stereocenters. The van der Waals surface area contributed by atoms with Crippen molar-refractivity contribution >= 4 is 17.5 Å². The van der Waals surface area contributed by atoms with E-state index in [1.165, 1.54) is 0 Å². The van der Waals surface area contributed by atoms with Crippen molar-refractivity contribution in [3.05, 3.63) is 53.7 Å². The summed E-state index contributed by atoms with van der Waals surface area (Å²) in [5.74, 6) is -0.433. The zero-order valence-electron chi connectivity index (χ0n) is 12.4. The fourth-order valence-electron chi connectivity index (χ4n) is 2.20. The number of para-hydroxylation sites is 1. The van der Waals surface area contributed by atoms with Gasteiger partial charge in [0.1, 0.15) is 11.4 Å². The lowest BCUT2D eigenvalue weighted by Crippen LogP contribution is -2.22. The van der Waals surface area contributed by atoms with Gasteiger partial charge in [-0.05, 0) is 37.6 Å². The Kier molecular flexibility index (Phi) is 4.93. The molecule has 0 amide bonds. The van der Waals surface area contributed by atoms with Gasteiger partial charge in [-0.1, -0.05) is 31.5 Å². The Labute approximate surface area is 125 Å². The number of benzene rings is 1. The summed E-state index contributed by atoms with van der Waals surface area (Å²) in [7, 11) is 0. The predicted molar refractivity (Wildman–Crippen MR) is 84.3 cm³/mol. The second-order valence-corrected chi connectivity index (χ2v) is 4.97. The van der Waals surface area contributed by atoms with Crippen LogP contribution in [-0.4, -0.2) is 22.6 Å². The van der Waals surface area contributed by atoms with Crippen molar-refractivity contribution in [2.75, 3.05) is 11.4 Å². The fourth-order valence-corrected chi connectivity index (χ4v) is 2.20. The van der Waals surface area contributed by atoms with Crippen molar-refractivity contribution in [2.45, 2.75) is 26.7 Å². The van der Waals surface area contributed by atoms with Crippen LogP contribution in [0.5, 0.6) is 0 Å². The first-order chi connectivity index (χ1) is 10.1. The molecule has 0 saturated carbocycles. The second kappa shape index (κ2) is 6.88. The lowest BCUT2D eigenvalue weighted by atomic mass is 10.2. The van der Waals surface area contributed by atoms with Crippen LogP contribution in [0, 0.1) is 6.92 Å². The lowest BCUT2D eigenvalue weighted by Gasteiger charge is -2.25. The smallest absolute Gasteiger partial charge is 0.339 e. The van der Waals surface area contributed by atoms with Crippen molar-refractivity contribution in [1.82, 2.24) is 4.98 Å². The van der Waals surface area contributed by atoms with Crippen LogP contribution in [0.3, 0.4) is 0 Å². The molecule has 2 aromatic rings. The molecule has 0 spiro atoms. The van der Waals surface area contributed by atoms with Crippen LogP contribution in [0.1, 0.15) is 35.8 Å². The van der Waals surface area contributed by atoms with Crippen LogP contribution < -0.4 is 4.90 Å². The van der Waals surface area contributed by atoms with E-state index in [0.29, 0.717) is 5.82 Å². The maximum Gasteiger partial charge on any atom is 0.339 e. The molecule has 0 aliphatic carbocycles. The van der Waals surface area contributed by atoms with Gasteiger partial charge in [-0.2, -0.15) is 0 Å². The highest BCUT2D eigenvalue weighted by atomic mass is 16.4. The van der Waals surface area contributed by atoms with Gasteiger partial charge < -0.3 is 10.0 Å². The van der Waals surface area contributed by atoms with Crippen molar-refractivity contribution in [3.8, 4) is 0 Å². The molecule has 1 aromatic carbocycles. The average molecular weight is 284 g/mol. The Bertz CT molecular complexity index is 611. The number of hydrogen-bond acceptors (Lipinski definition) is 3. The summed E-state index contributed by atoms with van der Waals surface area (Å²) in [6, 6.07) is 13.2. The molecule has 110 valence electrons. The van der Waals surface area contributed by atoms with E-state index in [9.17, 15) is 9.90 Å². The standard InChI is InChI=1S/C17H20N2O2/c1-3-4-12-19(14-8-6-5-7-9-14)16-15(17(20)21)11-10-13(2)18-16/h5-11H,3-4,12H2,1-2H3,(H,20,21). The zero-order valence-corrected chi connectivity index (χ0v) is 12.4. The monoisotopic (exact) mass is 284 g/mol. The highest BCUT2D eigenvalue weighted by Gasteiger charge is 2.19. The van der Waals surface area contributed by atoms with Crippen LogP contribution in [0.25, 0.3) is 0 Å². The molecule has 1 heterocycles. The number of hydrogen-bond donors (Lipinski definition) is 1. The Morgan fingerprint density at radius 3 is 2.52 bits per heavy atom. The van der Waals surface area contributed by atoms with Gasteiger partial charge in [0.25, 0.3) is 0 Å². The second-order valence-electron chi connectivity index (χ2n) is 4.97. The highest BCUT2D eigenvalue weighted by Crippen LogP contribution is 2.27. The topological polar surface area (TPSA) is 53.4 Å². The SMILES string of the molecule is CCCCN(c1ccccc1)c1nc(C)ccc1C(=O)O. The van der Waals surface area contributed by atoms with E-state index in [2.05, 4.69) is 11.9 Å². The minimum Gasteiger partial charge on any atom is -0.478 e. The molecular weight excluding hydrogens is 264 g/mol. The van der Waals surface area contributed by atoms with Gasteiger partial charge >= 0.3 is 5.97 Å². The molecule has 0 aliphatic heterocycles. The maximum atomic E-state index is 11.5. The molecule has 0 bridgehead atoms. The molecule has 0 aliphatic rings. The normalized spacial score (nSPS) is 10.4. The average Bonchev–Trinajstić information content (AvgIpc) is 2.48. The van der Waals surface area contributed by atoms with Gasteiger partial charge in [0.05, 0.1) is 0 Å². The van der Waals surface area contributed by atoms with Crippen LogP contribution >= 0.6 is 0 Å². The third-order valence-electron chi connectivity index (χ3n) is 3.30. The summed E-state index contributed by atoms with van der Waals surface area (Å²) >= 11 is 0. The van der Waals surface area contributed by atoms with Gasteiger partial charge in [-0.3, -0.25) is 0 Å². The van der Waals surface area contributed by atoms with Crippen LogP contribution in [-0.2, 0) is 0 Å². The Morgan fingerprint density at radius 1 is 1.19 bits per heavy atom. The van der Waals surface area contributed by atoms with E-state index < -0.39 is 5.97 Å². The summed E-state index contributed by atoms with van der Waals surface area (Å²) in [6.07, 6.45) is 2.02. The molecular formula is C17H20N2O2. The van der Waals surface area contributed by atoms with Crippen molar-refractivity contribution < 1.29 is 9.90 Å². The van der Waals surface area contributed by atoms with E-state index in [1.807, 2.05) is 42.2 Å². The highest BCUT2D eigenvalue weighted by molar-refractivity contribution is 5.94. The molecule has 1 N–H and O–H groups in total. The number of aromatic nitrogens is 1. The van der Waals surface area contributed by atoms with Gasteiger partial charge in [0.2, 0.25) is 0 Å². The molecule has 1 aromatic heterocycles. The number of unbranched alkanes of at least 4 members (excludes halogenated alkanes) is 1. The third-order valence-corrected chi connectivity index (χ3v) is 3.30. The maximum absolute atomic E-state index is 11.5. The largest absolute Gasteiger partial charge is 0.478 e. The Hall–Kier alpha value is -2.36.